The highest BCUT2D eigenvalue weighted by atomic mass is 16.1. The third-order valence-corrected chi connectivity index (χ3v) is 2.88. The van der Waals surface area contributed by atoms with Crippen molar-refractivity contribution >= 4 is 17.1 Å². The summed E-state index contributed by atoms with van der Waals surface area (Å²) in [6.07, 6.45) is 0.898. The van der Waals surface area contributed by atoms with E-state index < -0.39 is 0 Å². The van der Waals surface area contributed by atoms with Crippen molar-refractivity contribution in [2.24, 2.45) is 0 Å². The Morgan fingerprint density at radius 3 is 2.56 bits per heavy atom. The van der Waals surface area contributed by atoms with Crippen molar-refractivity contribution in [1.29, 1.82) is 0 Å². The van der Waals surface area contributed by atoms with Crippen LogP contribution >= 0.6 is 0 Å². The van der Waals surface area contributed by atoms with Crippen molar-refractivity contribution in [2.45, 2.75) is 0 Å². The van der Waals surface area contributed by atoms with Gasteiger partial charge in [0.1, 0.15) is 6.29 Å². The summed E-state index contributed by atoms with van der Waals surface area (Å²) < 4.78 is 0. The van der Waals surface area contributed by atoms with Crippen molar-refractivity contribution in [3.8, 4) is 11.1 Å². The van der Waals surface area contributed by atoms with E-state index in [1.807, 2.05) is 36.4 Å². The van der Waals surface area contributed by atoms with Gasteiger partial charge in [0.25, 0.3) is 0 Å². The van der Waals surface area contributed by atoms with E-state index in [9.17, 15) is 4.79 Å². The van der Waals surface area contributed by atoms with E-state index in [0.717, 1.165) is 23.0 Å². The minimum Gasteiger partial charge on any atom is -0.298 e. The molecule has 0 saturated heterocycles. The number of rotatable bonds is 1. The molecule has 0 N–H and O–H groups in total. The van der Waals surface area contributed by atoms with Gasteiger partial charge in [-0.3, -0.25) is 4.79 Å². The topological polar surface area (TPSA) is 17.1 Å². The smallest absolute Gasteiger partial charge is 0.150 e. The van der Waals surface area contributed by atoms with E-state index in [2.05, 4.69) is 18.2 Å². The first-order chi connectivity index (χ1) is 7.88. The van der Waals surface area contributed by atoms with Crippen LogP contribution < -0.4 is 0 Å². The highest BCUT2D eigenvalue weighted by molar-refractivity contribution is 5.99. The van der Waals surface area contributed by atoms with Crippen LogP contribution in [0.4, 0.5) is 0 Å². The second-order valence-electron chi connectivity index (χ2n) is 3.89. The van der Waals surface area contributed by atoms with Crippen LogP contribution in [0.1, 0.15) is 10.4 Å². The Morgan fingerprint density at radius 2 is 1.69 bits per heavy atom. The summed E-state index contributed by atoms with van der Waals surface area (Å²) in [5.41, 5.74) is 3.00. The largest absolute Gasteiger partial charge is 0.298 e. The predicted molar refractivity (Wildman–Crippen MR) is 66.0 cm³/mol. The molecule has 1 aromatic rings. The monoisotopic (exact) mass is 206 g/mol. The molecule has 2 aliphatic carbocycles. The zero-order chi connectivity index (χ0) is 11.0. The van der Waals surface area contributed by atoms with E-state index in [4.69, 9.17) is 0 Å². The second kappa shape index (κ2) is 3.46. The van der Waals surface area contributed by atoms with Crippen LogP contribution in [0.3, 0.4) is 0 Å². The van der Waals surface area contributed by atoms with Gasteiger partial charge in [-0.2, -0.15) is 0 Å². The Labute approximate surface area is 93.7 Å². The van der Waals surface area contributed by atoms with E-state index in [0.29, 0.717) is 0 Å². The van der Waals surface area contributed by atoms with Crippen molar-refractivity contribution in [1.82, 2.24) is 0 Å². The SMILES string of the molecule is O=Cc1cc2cccc3ccccc3c-2c1. The Balaban J connectivity index is 2.48. The lowest BCUT2D eigenvalue weighted by Gasteiger charge is -1.96. The third-order valence-electron chi connectivity index (χ3n) is 2.88. The Bertz CT molecular complexity index is 640. The second-order valence-corrected chi connectivity index (χ2v) is 3.89. The molecule has 0 radical (unpaired) electrons. The molecule has 0 saturated carbocycles. The van der Waals surface area contributed by atoms with Gasteiger partial charge in [0.15, 0.2) is 0 Å². The van der Waals surface area contributed by atoms with Crippen LogP contribution in [0, 0.1) is 0 Å². The first-order valence-electron chi connectivity index (χ1n) is 5.25. The average Bonchev–Trinajstić information content (AvgIpc) is 2.66. The highest BCUT2D eigenvalue weighted by Crippen LogP contribution is 2.31. The van der Waals surface area contributed by atoms with Crippen molar-refractivity contribution in [2.75, 3.05) is 0 Å². The molecule has 0 bridgehead atoms. The predicted octanol–water partition coefficient (Wildman–Crippen LogP) is 3.76. The fourth-order valence-corrected chi connectivity index (χ4v) is 2.13. The van der Waals surface area contributed by atoms with Gasteiger partial charge in [0.05, 0.1) is 0 Å². The van der Waals surface area contributed by atoms with Gasteiger partial charge in [0.2, 0.25) is 0 Å². The van der Waals surface area contributed by atoms with Crippen LogP contribution in [-0.2, 0) is 0 Å². The normalized spacial score (nSPS) is 10.8. The summed E-state index contributed by atoms with van der Waals surface area (Å²) in [5.74, 6) is 0. The Morgan fingerprint density at radius 1 is 0.875 bits per heavy atom. The van der Waals surface area contributed by atoms with Crippen LogP contribution in [0.5, 0.6) is 0 Å². The van der Waals surface area contributed by atoms with E-state index in [1.54, 1.807) is 0 Å². The molecule has 76 valence electrons. The summed E-state index contributed by atoms with van der Waals surface area (Å²) in [4.78, 5) is 10.8. The fourth-order valence-electron chi connectivity index (χ4n) is 2.13. The molecule has 0 amide bonds. The number of carbonyl (C=O) groups is 1. The highest BCUT2D eigenvalue weighted by Gasteiger charge is 2.07. The lowest BCUT2D eigenvalue weighted by molar-refractivity contribution is 0.112. The number of fused-ring (bicyclic) bond motifs is 3. The molecular formula is C15H10O. The fraction of sp³-hybridized carbons (Fsp3) is 0. The average molecular weight is 206 g/mol. The summed E-state index contributed by atoms with van der Waals surface area (Å²) in [6.45, 7) is 0. The summed E-state index contributed by atoms with van der Waals surface area (Å²) in [6, 6.07) is 18.3. The minimum atomic E-state index is 0.742. The maximum atomic E-state index is 10.8. The van der Waals surface area contributed by atoms with Crippen LogP contribution in [0.15, 0.2) is 54.6 Å². The van der Waals surface area contributed by atoms with Gasteiger partial charge in [-0.15, -0.1) is 0 Å². The first kappa shape index (κ1) is 9.10. The quantitative estimate of drug-likeness (QED) is 0.554. The lowest BCUT2D eigenvalue weighted by atomic mass is 10.1. The van der Waals surface area contributed by atoms with Crippen molar-refractivity contribution in [3.63, 3.8) is 0 Å². The number of hydrogen-bond acceptors (Lipinski definition) is 1. The Hall–Kier alpha value is -2.15. The standard InChI is InChI=1S/C15H10O/c16-10-11-8-13-6-3-5-12-4-1-2-7-14(12)15(13)9-11/h1-10H. The molecule has 1 aromatic carbocycles. The summed E-state index contributed by atoms with van der Waals surface area (Å²) in [5, 5.41) is 2.39. The minimum absolute atomic E-state index is 0.742. The maximum Gasteiger partial charge on any atom is 0.150 e. The van der Waals surface area contributed by atoms with Crippen molar-refractivity contribution < 1.29 is 4.79 Å². The van der Waals surface area contributed by atoms with Gasteiger partial charge in [-0.25, -0.2) is 0 Å². The van der Waals surface area contributed by atoms with E-state index >= 15 is 0 Å². The maximum absolute atomic E-state index is 10.8. The summed E-state index contributed by atoms with van der Waals surface area (Å²) in [7, 11) is 0. The molecule has 0 spiro atoms. The molecule has 0 heterocycles. The van der Waals surface area contributed by atoms with Crippen LogP contribution in [-0.4, -0.2) is 6.29 Å². The van der Waals surface area contributed by atoms with Gasteiger partial charge in [-0.1, -0.05) is 42.5 Å². The number of hydrogen-bond donors (Lipinski definition) is 0. The molecule has 3 rings (SSSR count). The molecule has 0 fully saturated rings. The molecule has 0 aromatic heterocycles. The number of aldehydes is 1. The zero-order valence-corrected chi connectivity index (χ0v) is 8.68. The van der Waals surface area contributed by atoms with Gasteiger partial charge >= 0.3 is 0 Å². The number of benzene rings is 1. The zero-order valence-electron chi connectivity index (χ0n) is 8.68. The summed E-state index contributed by atoms with van der Waals surface area (Å²) >= 11 is 0. The molecular weight excluding hydrogens is 196 g/mol. The van der Waals surface area contributed by atoms with E-state index in [-0.39, 0.29) is 0 Å². The molecule has 1 nitrogen and oxygen atoms in total. The van der Waals surface area contributed by atoms with Crippen molar-refractivity contribution in [3.05, 3.63) is 60.2 Å². The van der Waals surface area contributed by atoms with Crippen LogP contribution in [0.25, 0.3) is 21.9 Å². The molecule has 0 unspecified atom stereocenters. The first-order valence-corrected chi connectivity index (χ1v) is 5.25. The molecule has 2 aliphatic rings. The third kappa shape index (κ3) is 1.29. The molecule has 0 atom stereocenters. The van der Waals surface area contributed by atoms with E-state index in [1.165, 1.54) is 10.8 Å². The van der Waals surface area contributed by atoms with Gasteiger partial charge in [0, 0.05) is 5.56 Å². The lowest BCUT2D eigenvalue weighted by Crippen LogP contribution is -1.70. The van der Waals surface area contributed by atoms with Gasteiger partial charge < -0.3 is 0 Å². The molecule has 1 heteroatoms. The van der Waals surface area contributed by atoms with Gasteiger partial charge in [-0.05, 0) is 34.0 Å². The number of carbonyl (C=O) groups excluding carboxylic acids is 1. The molecule has 0 aliphatic heterocycles. The van der Waals surface area contributed by atoms with Crippen LogP contribution in [0.2, 0.25) is 0 Å². The Kier molecular flexibility index (Phi) is 1.97. The molecule has 16 heavy (non-hydrogen) atoms.